The molecule has 0 bridgehead atoms. The van der Waals surface area contributed by atoms with E-state index in [1.54, 1.807) is 22.4 Å². The van der Waals surface area contributed by atoms with Crippen LogP contribution in [0.5, 0.6) is 0 Å². The number of anilines is 1. The Bertz CT molecular complexity index is 918. The molecule has 1 fully saturated rings. The van der Waals surface area contributed by atoms with Gasteiger partial charge in [-0.3, -0.25) is 14.4 Å². The van der Waals surface area contributed by atoms with Crippen LogP contribution in [-0.4, -0.2) is 40.7 Å². The van der Waals surface area contributed by atoms with Crippen LogP contribution in [0.4, 0.5) is 5.13 Å². The summed E-state index contributed by atoms with van der Waals surface area (Å²) in [5.41, 5.74) is 6.10. The van der Waals surface area contributed by atoms with Gasteiger partial charge in [-0.05, 0) is 31.0 Å². The number of hydrogen-bond acceptors (Lipinski definition) is 5. The van der Waals surface area contributed by atoms with Crippen molar-refractivity contribution in [1.82, 2.24) is 9.88 Å². The van der Waals surface area contributed by atoms with Gasteiger partial charge in [-0.2, -0.15) is 0 Å². The Morgan fingerprint density at radius 1 is 1.29 bits per heavy atom. The van der Waals surface area contributed by atoms with E-state index in [0.29, 0.717) is 45.9 Å². The van der Waals surface area contributed by atoms with Crippen molar-refractivity contribution in [3.8, 4) is 0 Å². The predicted octanol–water partition coefficient (Wildman–Crippen LogP) is 2.97. The van der Waals surface area contributed by atoms with Crippen molar-refractivity contribution in [2.24, 2.45) is 11.7 Å². The number of halogens is 2. The first kappa shape index (κ1) is 20.6. The molecule has 3 N–H and O–H groups in total. The topological polar surface area (TPSA) is 105 Å². The first-order valence-corrected chi connectivity index (χ1v) is 10.2. The summed E-state index contributed by atoms with van der Waals surface area (Å²) in [5.74, 6) is -1.21. The monoisotopic (exact) mass is 440 g/mol. The molecule has 1 saturated heterocycles. The molecule has 0 aliphatic carbocycles. The van der Waals surface area contributed by atoms with Crippen LogP contribution in [-0.2, 0) is 16.0 Å². The average molecular weight is 441 g/mol. The van der Waals surface area contributed by atoms with E-state index in [0.717, 1.165) is 6.42 Å². The van der Waals surface area contributed by atoms with Crippen LogP contribution >= 0.6 is 34.5 Å². The molecule has 1 atom stereocenters. The average Bonchev–Trinajstić information content (AvgIpc) is 3.09. The van der Waals surface area contributed by atoms with Crippen molar-refractivity contribution in [1.29, 1.82) is 0 Å². The van der Waals surface area contributed by atoms with E-state index in [1.165, 1.54) is 17.4 Å². The summed E-state index contributed by atoms with van der Waals surface area (Å²) >= 11 is 13.1. The van der Waals surface area contributed by atoms with Crippen LogP contribution in [0.15, 0.2) is 23.6 Å². The van der Waals surface area contributed by atoms with Gasteiger partial charge >= 0.3 is 0 Å². The molecule has 7 nitrogen and oxygen atoms in total. The second kappa shape index (κ2) is 8.89. The van der Waals surface area contributed by atoms with Crippen molar-refractivity contribution in [3.05, 3.63) is 44.9 Å². The van der Waals surface area contributed by atoms with Crippen LogP contribution in [0, 0.1) is 5.92 Å². The normalized spacial score (nSPS) is 16.6. The maximum atomic E-state index is 12.7. The highest BCUT2D eigenvalue weighted by atomic mass is 35.5. The highest BCUT2D eigenvalue weighted by Gasteiger charge is 2.29. The Morgan fingerprint density at radius 3 is 2.79 bits per heavy atom. The highest BCUT2D eigenvalue weighted by molar-refractivity contribution is 7.13. The summed E-state index contributed by atoms with van der Waals surface area (Å²) in [7, 11) is 0. The third-order valence-electron chi connectivity index (χ3n) is 4.38. The lowest BCUT2D eigenvalue weighted by molar-refractivity contribution is -0.121. The molecule has 0 spiro atoms. The predicted molar refractivity (Wildman–Crippen MR) is 109 cm³/mol. The van der Waals surface area contributed by atoms with Gasteiger partial charge in [0, 0.05) is 24.0 Å². The minimum atomic E-state index is -0.480. The van der Waals surface area contributed by atoms with Crippen molar-refractivity contribution < 1.29 is 14.4 Å². The van der Waals surface area contributed by atoms with E-state index < -0.39 is 5.91 Å². The van der Waals surface area contributed by atoms with Crippen LogP contribution < -0.4 is 11.1 Å². The van der Waals surface area contributed by atoms with Gasteiger partial charge in [-0.25, -0.2) is 4.98 Å². The van der Waals surface area contributed by atoms with Gasteiger partial charge in [0.05, 0.1) is 28.1 Å². The number of rotatable bonds is 5. The van der Waals surface area contributed by atoms with E-state index in [4.69, 9.17) is 28.9 Å². The maximum absolute atomic E-state index is 12.7. The second-order valence-electron chi connectivity index (χ2n) is 6.50. The lowest BCUT2D eigenvalue weighted by Gasteiger charge is -2.32. The molecule has 2 aromatic rings. The molecule has 0 radical (unpaired) electrons. The maximum Gasteiger partial charge on any atom is 0.253 e. The number of amides is 3. The van der Waals surface area contributed by atoms with Gasteiger partial charge in [0.2, 0.25) is 11.8 Å². The Morgan fingerprint density at radius 2 is 2.07 bits per heavy atom. The third-order valence-corrected chi connectivity index (χ3v) is 5.93. The fourth-order valence-electron chi connectivity index (χ4n) is 3.02. The fraction of sp³-hybridized carbons (Fsp3) is 0.333. The van der Waals surface area contributed by atoms with Crippen LogP contribution in [0.3, 0.4) is 0 Å². The SMILES string of the molecule is NC(=O)Cc1csc(NC(=O)C2CCCN(C(=O)c3ccc(Cl)c(Cl)c3)C2)n1. The summed E-state index contributed by atoms with van der Waals surface area (Å²) < 4.78 is 0. The molecule has 1 aromatic carbocycles. The molecule has 1 unspecified atom stereocenters. The first-order chi connectivity index (χ1) is 13.3. The van der Waals surface area contributed by atoms with Crippen LogP contribution in [0.25, 0.3) is 0 Å². The van der Waals surface area contributed by atoms with Gasteiger partial charge in [-0.1, -0.05) is 23.2 Å². The highest BCUT2D eigenvalue weighted by Crippen LogP contribution is 2.26. The number of nitrogens with one attached hydrogen (secondary N) is 1. The molecule has 3 amide bonds. The largest absolute Gasteiger partial charge is 0.369 e. The summed E-state index contributed by atoms with van der Waals surface area (Å²) in [5, 5.41) is 5.55. The smallest absolute Gasteiger partial charge is 0.253 e. The summed E-state index contributed by atoms with van der Waals surface area (Å²) in [4.78, 5) is 42.1. The number of carbonyl (C=O) groups excluding carboxylic acids is 3. The lowest BCUT2D eigenvalue weighted by atomic mass is 9.96. The number of likely N-dealkylation sites (tertiary alicyclic amines) is 1. The van der Waals surface area contributed by atoms with Gasteiger partial charge in [-0.15, -0.1) is 11.3 Å². The molecule has 148 valence electrons. The second-order valence-corrected chi connectivity index (χ2v) is 8.17. The molecule has 1 aromatic heterocycles. The number of benzene rings is 1. The first-order valence-electron chi connectivity index (χ1n) is 8.61. The minimum absolute atomic E-state index is 0.0295. The Kier molecular flexibility index (Phi) is 6.53. The number of thiazole rings is 1. The van der Waals surface area contributed by atoms with Gasteiger partial charge in [0.25, 0.3) is 5.91 Å². The van der Waals surface area contributed by atoms with Crippen molar-refractivity contribution in [3.63, 3.8) is 0 Å². The molecule has 2 heterocycles. The molecular weight excluding hydrogens is 423 g/mol. The summed E-state index contributed by atoms with van der Waals surface area (Å²) in [6, 6.07) is 4.74. The molecule has 1 aliphatic heterocycles. The van der Waals surface area contributed by atoms with E-state index in [-0.39, 0.29) is 24.2 Å². The van der Waals surface area contributed by atoms with Gasteiger partial charge in [0.15, 0.2) is 5.13 Å². The van der Waals surface area contributed by atoms with E-state index >= 15 is 0 Å². The molecule has 0 saturated carbocycles. The lowest BCUT2D eigenvalue weighted by Crippen LogP contribution is -2.43. The van der Waals surface area contributed by atoms with Crippen LogP contribution in [0.2, 0.25) is 10.0 Å². The third kappa shape index (κ3) is 5.01. The number of nitrogens with two attached hydrogens (primary N) is 1. The van der Waals surface area contributed by atoms with E-state index in [1.807, 2.05) is 0 Å². The van der Waals surface area contributed by atoms with Gasteiger partial charge < -0.3 is 16.0 Å². The molecule has 28 heavy (non-hydrogen) atoms. The standard InChI is InChI=1S/C18H18Cl2N4O3S/c19-13-4-3-10(6-14(13)20)17(27)24-5-1-2-11(8-24)16(26)23-18-22-12(9-28-18)7-15(21)25/h3-4,6,9,11H,1-2,5,7-8H2,(H2,21,25)(H,22,23,26). The minimum Gasteiger partial charge on any atom is -0.369 e. The zero-order valence-corrected chi connectivity index (χ0v) is 17.1. The zero-order valence-electron chi connectivity index (χ0n) is 14.8. The molecule has 10 heteroatoms. The van der Waals surface area contributed by atoms with Crippen LogP contribution in [0.1, 0.15) is 28.9 Å². The zero-order chi connectivity index (χ0) is 20.3. The quantitative estimate of drug-likeness (QED) is 0.744. The molecule has 3 rings (SSSR count). The summed E-state index contributed by atoms with van der Waals surface area (Å²) in [6.07, 6.45) is 1.42. The summed E-state index contributed by atoms with van der Waals surface area (Å²) in [6.45, 7) is 0.882. The van der Waals surface area contributed by atoms with E-state index in [9.17, 15) is 14.4 Å². The Labute approximate surface area is 175 Å². The molecule has 1 aliphatic rings. The number of carbonyl (C=O) groups is 3. The Balaban J connectivity index is 1.62. The van der Waals surface area contributed by atoms with Gasteiger partial charge in [0.1, 0.15) is 0 Å². The van der Waals surface area contributed by atoms with E-state index in [2.05, 4.69) is 10.3 Å². The number of nitrogens with zero attached hydrogens (tertiary/aromatic N) is 2. The Hall–Kier alpha value is -2.16. The number of piperidine rings is 1. The number of aromatic nitrogens is 1. The van der Waals surface area contributed by atoms with Crippen molar-refractivity contribution >= 4 is 57.4 Å². The number of primary amides is 1. The fourth-order valence-corrected chi connectivity index (χ4v) is 4.03. The molecular formula is C18H18Cl2N4O3S. The van der Waals surface area contributed by atoms with Crippen molar-refractivity contribution in [2.45, 2.75) is 19.3 Å². The number of hydrogen-bond donors (Lipinski definition) is 2. The van der Waals surface area contributed by atoms with Crippen molar-refractivity contribution in [2.75, 3.05) is 18.4 Å².